The number of nitrogens with one attached hydrogen (secondary N) is 1. The van der Waals surface area contributed by atoms with Gasteiger partial charge >= 0.3 is 0 Å². The van der Waals surface area contributed by atoms with Crippen LogP contribution in [0.25, 0.3) is 0 Å². The zero-order valence-corrected chi connectivity index (χ0v) is 25.1. The van der Waals surface area contributed by atoms with Gasteiger partial charge in [0.15, 0.2) is 6.29 Å². The number of ether oxygens (including phenoxy) is 2. The molecule has 0 radical (unpaired) electrons. The number of aliphatic hydroxyl groups excluding tert-OH is 1. The van der Waals surface area contributed by atoms with Gasteiger partial charge in [0.25, 0.3) is 0 Å². The average molecular weight is 518 g/mol. The number of allylic oxidation sites excluding steroid dienone is 1. The zero-order chi connectivity index (χ0) is 26.6. The van der Waals surface area contributed by atoms with Gasteiger partial charge < -0.3 is 19.9 Å². The molecule has 4 unspecified atom stereocenters. The molecule has 4 aliphatic rings. The van der Waals surface area contributed by atoms with Crippen LogP contribution in [0.15, 0.2) is 11.6 Å². The van der Waals surface area contributed by atoms with Crippen molar-refractivity contribution in [2.45, 2.75) is 125 Å². The second kappa shape index (κ2) is 12.8. The molecule has 0 aromatic carbocycles. The Bertz CT molecular complexity index is 752. The van der Waals surface area contributed by atoms with Gasteiger partial charge in [0, 0.05) is 19.7 Å². The van der Waals surface area contributed by atoms with Crippen LogP contribution in [0.5, 0.6) is 0 Å². The lowest BCUT2D eigenvalue weighted by Gasteiger charge is -2.58. The standard InChI is InChI=1S/C33H59NO3/c1-7-36-31(35)22-34-19-20-37-26-15-17-32(5)25(21-26)11-12-27-29-14-13-28(24(4)10-8-9-23(2)3)33(29,6)18-16-30(27)32/h11,23-24,26-31,34-35H,7-10,12-22H2,1-6H3/t24-,26+,27?,28-,29?,30?,31?,32+,33-/m1/s1. The monoisotopic (exact) mass is 517 g/mol. The fourth-order valence-electron chi connectivity index (χ4n) is 9.57. The summed E-state index contributed by atoms with van der Waals surface area (Å²) in [5.41, 5.74) is 2.68. The lowest BCUT2D eigenvalue weighted by Crippen LogP contribution is -2.51. The maximum atomic E-state index is 9.68. The van der Waals surface area contributed by atoms with Crippen molar-refractivity contribution < 1.29 is 14.6 Å². The molecule has 0 amide bonds. The van der Waals surface area contributed by atoms with E-state index in [4.69, 9.17) is 9.47 Å². The quantitative estimate of drug-likeness (QED) is 0.152. The molecular formula is C33H59NO3. The van der Waals surface area contributed by atoms with E-state index in [9.17, 15) is 5.11 Å². The number of hydrogen-bond donors (Lipinski definition) is 2. The zero-order valence-electron chi connectivity index (χ0n) is 25.1. The average Bonchev–Trinajstić information content (AvgIpc) is 3.21. The van der Waals surface area contributed by atoms with Crippen molar-refractivity contribution in [1.29, 1.82) is 0 Å². The van der Waals surface area contributed by atoms with Gasteiger partial charge in [-0.05, 0) is 105 Å². The van der Waals surface area contributed by atoms with Gasteiger partial charge in [-0.25, -0.2) is 0 Å². The molecule has 0 aliphatic heterocycles. The molecule has 37 heavy (non-hydrogen) atoms. The smallest absolute Gasteiger partial charge is 0.167 e. The van der Waals surface area contributed by atoms with Crippen molar-refractivity contribution in [1.82, 2.24) is 5.32 Å². The van der Waals surface area contributed by atoms with Crippen molar-refractivity contribution in [3.8, 4) is 0 Å². The molecule has 4 nitrogen and oxygen atoms in total. The summed E-state index contributed by atoms with van der Waals surface area (Å²) in [5.74, 6) is 5.39. The maximum absolute atomic E-state index is 9.68. The number of aliphatic hydroxyl groups is 1. The van der Waals surface area contributed by atoms with E-state index in [1.807, 2.05) is 6.92 Å². The molecule has 0 aromatic heterocycles. The van der Waals surface area contributed by atoms with Crippen LogP contribution in [0.3, 0.4) is 0 Å². The Balaban J connectivity index is 1.31. The lowest BCUT2D eigenvalue weighted by molar-refractivity contribution is -0.0923. The predicted octanol–water partition coefficient (Wildman–Crippen LogP) is 7.36. The first-order valence-electron chi connectivity index (χ1n) is 16.0. The molecule has 3 fully saturated rings. The second-order valence-electron chi connectivity index (χ2n) is 14.1. The minimum atomic E-state index is -0.721. The van der Waals surface area contributed by atoms with Crippen LogP contribution in [-0.4, -0.2) is 43.8 Å². The molecule has 0 spiro atoms. The Morgan fingerprint density at radius 3 is 2.62 bits per heavy atom. The lowest BCUT2D eigenvalue weighted by atomic mass is 9.47. The Morgan fingerprint density at radius 2 is 1.86 bits per heavy atom. The van der Waals surface area contributed by atoms with E-state index < -0.39 is 6.29 Å². The normalized spacial score (nSPS) is 39.0. The summed E-state index contributed by atoms with van der Waals surface area (Å²) in [6.45, 7) is 17.0. The number of fused-ring (bicyclic) bond motifs is 5. The van der Waals surface area contributed by atoms with Crippen LogP contribution in [0.1, 0.15) is 112 Å². The van der Waals surface area contributed by atoms with E-state index in [2.05, 4.69) is 46.0 Å². The van der Waals surface area contributed by atoms with Gasteiger partial charge in [-0.1, -0.05) is 65.5 Å². The fraction of sp³-hybridized carbons (Fsp3) is 0.939. The van der Waals surface area contributed by atoms with E-state index >= 15 is 0 Å². The van der Waals surface area contributed by atoms with E-state index in [0.29, 0.717) is 36.7 Å². The van der Waals surface area contributed by atoms with E-state index in [0.717, 1.165) is 48.5 Å². The SMILES string of the molecule is CCOC(O)CNCCO[C@H]1CC[C@@]2(C)C(=CCC3C2CC[C@@]2(C)C3CC[C@@H]2[C@H](C)CCCC(C)C)C1. The first-order chi connectivity index (χ1) is 17.7. The summed E-state index contributed by atoms with van der Waals surface area (Å²) in [4.78, 5) is 0. The van der Waals surface area contributed by atoms with Crippen LogP contribution in [-0.2, 0) is 9.47 Å². The van der Waals surface area contributed by atoms with Gasteiger partial charge in [-0.3, -0.25) is 0 Å². The highest BCUT2D eigenvalue weighted by Gasteiger charge is 2.59. The minimum absolute atomic E-state index is 0.353. The van der Waals surface area contributed by atoms with Gasteiger partial charge in [-0.15, -0.1) is 0 Å². The van der Waals surface area contributed by atoms with Crippen molar-refractivity contribution in [3.63, 3.8) is 0 Å². The maximum Gasteiger partial charge on any atom is 0.167 e. The molecule has 9 atom stereocenters. The van der Waals surface area contributed by atoms with Crippen molar-refractivity contribution >= 4 is 0 Å². The summed E-state index contributed by atoms with van der Waals surface area (Å²) >= 11 is 0. The predicted molar refractivity (Wildman–Crippen MR) is 153 cm³/mol. The van der Waals surface area contributed by atoms with Crippen LogP contribution in [0.4, 0.5) is 0 Å². The molecule has 0 heterocycles. The van der Waals surface area contributed by atoms with Crippen LogP contribution in [0, 0.1) is 46.3 Å². The first-order valence-corrected chi connectivity index (χ1v) is 16.0. The fourth-order valence-corrected chi connectivity index (χ4v) is 9.57. The van der Waals surface area contributed by atoms with Gasteiger partial charge in [-0.2, -0.15) is 0 Å². The molecule has 0 bridgehead atoms. The van der Waals surface area contributed by atoms with Crippen LogP contribution < -0.4 is 5.32 Å². The summed E-state index contributed by atoms with van der Waals surface area (Å²) < 4.78 is 11.5. The van der Waals surface area contributed by atoms with Crippen molar-refractivity contribution in [2.75, 3.05) is 26.3 Å². The highest BCUT2D eigenvalue weighted by Crippen LogP contribution is 2.67. The van der Waals surface area contributed by atoms with Crippen molar-refractivity contribution in [3.05, 3.63) is 11.6 Å². The Morgan fingerprint density at radius 1 is 1.05 bits per heavy atom. The summed E-state index contributed by atoms with van der Waals surface area (Å²) in [7, 11) is 0. The summed E-state index contributed by atoms with van der Waals surface area (Å²) in [5, 5.41) is 12.9. The Kier molecular flexibility index (Phi) is 10.3. The number of hydrogen-bond acceptors (Lipinski definition) is 4. The molecule has 4 heteroatoms. The Labute approximate surface area is 228 Å². The third-order valence-corrected chi connectivity index (χ3v) is 11.6. The summed E-state index contributed by atoms with van der Waals surface area (Å²) in [6.07, 6.45) is 17.3. The van der Waals surface area contributed by atoms with Crippen LogP contribution in [0.2, 0.25) is 0 Å². The molecule has 4 aliphatic carbocycles. The van der Waals surface area contributed by atoms with Gasteiger partial charge in [0.05, 0.1) is 12.7 Å². The van der Waals surface area contributed by atoms with E-state index in [-0.39, 0.29) is 0 Å². The second-order valence-corrected chi connectivity index (χ2v) is 14.1. The van der Waals surface area contributed by atoms with Gasteiger partial charge in [0.1, 0.15) is 0 Å². The highest BCUT2D eigenvalue weighted by molar-refractivity contribution is 5.25. The largest absolute Gasteiger partial charge is 0.377 e. The molecule has 4 rings (SSSR count). The number of rotatable bonds is 13. The first kappa shape index (κ1) is 29.6. The van der Waals surface area contributed by atoms with Gasteiger partial charge in [0.2, 0.25) is 0 Å². The summed E-state index contributed by atoms with van der Waals surface area (Å²) in [6, 6.07) is 0. The third-order valence-electron chi connectivity index (χ3n) is 11.6. The molecule has 3 saturated carbocycles. The van der Waals surface area contributed by atoms with E-state index in [1.165, 1.54) is 64.2 Å². The Hall–Kier alpha value is -0.420. The minimum Gasteiger partial charge on any atom is -0.377 e. The highest BCUT2D eigenvalue weighted by atomic mass is 16.6. The molecular weight excluding hydrogens is 458 g/mol. The molecule has 2 N–H and O–H groups in total. The molecule has 0 aromatic rings. The molecule has 214 valence electrons. The van der Waals surface area contributed by atoms with Crippen molar-refractivity contribution in [2.24, 2.45) is 46.3 Å². The molecule has 0 saturated heterocycles. The van der Waals surface area contributed by atoms with E-state index in [1.54, 1.807) is 5.57 Å². The third kappa shape index (κ3) is 6.50. The van der Waals surface area contributed by atoms with Crippen LogP contribution >= 0.6 is 0 Å². The topological polar surface area (TPSA) is 50.7 Å².